The molecule has 3 nitrogen and oxygen atoms in total. The third kappa shape index (κ3) is 2.15. The van der Waals surface area contributed by atoms with Gasteiger partial charge in [-0.25, -0.2) is 0 Å². The van der Waals surface area contributed by atoms with Gasteiger partial charge in [-0.2, -0.15) is 0 Å². The van der Waals surface area contributed by atoms with Crippen LogP contribution in [0.25, 0.3) is 0 Å². The summed E-state index contributed by atoms with van der Waals surface area (Å²) in [6.07, 6.45) is 0.417. The largest absolute Gasteiger partial charge is 0.396 e. The van der Waals surface area contributed by atoms with E-state index in [0.717, 1.165) is 0 Å². The predicted octanol–water partition coefficient (Wildman–Crippen LogP) is 0.0122. The third-order valence-electron chi connectivity index (χ3n) is 2.38. The van der Waals surface area contributed by atoms with Crippen LogP contribution in [-0.2, 0) is 4.74 Å². The van der Waals surface area contributed by atoms with Gasteiger partial charge in [0, 0.05) is 19.1 Å². The highest BCUT2D eigenvalue weighted by Crippen LogP contribution is 2.22. The SMILES string of the molecule is CC(CO)C1COCCC1O. The monoisotopic (exact) mass is 160 g/mol. The molecule has 0 spiro atoms. The molecule has 66 valence electrons. The van der Waals surface area contributed by atoms with Crippen LogP contribution in [0.5, 0.6) is 0 Å². The van der Waals surface area contributed by atoms with Crippen LogP contribution in [0.4, 0.5) is 0 Å². The van der Waals surface area contributed by atoms with Crippen molar-refractivity contribution >= 4 is 0 Å². The number of hydrogen-bond donors (Lipinski definition) is 2. The maximum absolute atomic E-state index is 9.48. The van der Waals surface area contributed by atoms with Crippen molar-refractivity contribution in [3.8, 4) is 0 Å². The van der Waals surface area contributed by atoms with Gasteiger partial charge in [-0.3, -0.25) is 0 Å². The minimum absolute atomic E-state index is 0.119. The van der Waals surface area contributed by atoms with E-state index >= 15 is 0 Å². The van der Waals surface area contributed by atoms with E-state index in [1.165, 1.54) is 0 Å². The van der Waals surface area contributed by atoms with E-state index in [4.69, 9.17) is 9.84 Å². The van der Waals surface area contributed by atoms with Gasteiger partial charge in [0.2, 0.25) is 0 Å². The summed E-state index contributed by atoms with van der Waals surface area (Å²) in [5.74, 6) is 0.263. The fourth-order valence-electron chi connectivity index (χ4n) is 1.43. The fourth-order valence-corrected chi connectivity index (χ4v) is 1.43. The summed E-state index contributed by atoms with van der Waals surface area (Å²) in [6, 6.07) is 0. The smallest absolute Gasteiger partial charge is 0.0615 e. The third-order valence-corrected chi connectivity index (χ3v) is 2.38. The van der Waals surface area contributed by atoms with Crippen molar-refractivity contribution in [1.29, 1.82) is 0 Å². The molecular weight excluding hydrogens is 144 g/mol. The van der Waals surface area contributed by atoms with Gasteiger partial charge >= 0.3 is 0 Å². The minimum Gasteiger partial charge on any atom is -0.396 e. The van der Waals surface area contributed by atoms with Gasteiger partial charge < -0.3 is 14.9 Å². The highest BCUT2D eigenvalue weighted by molar-refractivity contribution is 4.76. The van der Waals surface area contributed by atoms with Crippen molar-refractivity contribution in [1.82, 2.24) is 0 Å². The van der Waals surface area contributed by atoms with E-state index in [1.54, 1.807) is 0 Å². The number of hydrogen-bond acceptors (Lipinski definition) is 3. The molecule has 11 heavy (non-hydrogen) atoms. The number of ether oxygens (including phenoxy) is 1. The van der Waals surface area contributed by atoms with Crippen LogP contribution >= 0.6 is 0 Å². The lowest BCUT2D eigenvalue weighted by Crippen LogP contribution is -2.37. The molecule has 0 aromatic rings. The molecule has 0 saturated carbocycles. The molecule has 0 bridgehead atoms. The first-order valence-corrected chi connectivity index (χ1v) is 4.12. The van der Waals surface area contributed by atoms with Crippen LogP contribution in [0.15, 0.2) is 0 Å². The van der Waals surface area contributed by atoms with Gasteiger partial charge in [0.1, 0.15) is 0 Å². The molecule has 0 amide bonds. The zero-order valence-corrected chi connectivity index (χ0v) is 6.86. The Morgan fingerprint density at radius 1 is 1.64 bits per heavy atom. The average molecular weight is 160 g/mol. The summed E-state index contributed by atoms with van der Waals surface area (Å²) in [7, 11) is 0. The maximum atomic E-state index is 9.48. The number of aliphatic hydroxyl groups excluding tert-OH is 2. The molecule has 2 N–H and O–H groups in total. The van der Waals surface area contributed by atoms with E-state index in [9.17, 15) is 5.11 Å². The summed E-state index contributed by atoms with van der Waals surface area (Å²) in [5.41, 5.74) is 0. The van der Waals surface area contributed by atoms with Crippen molar-refractivity contribution < 1.29 is 14.9 Å². The molecule has 0 aliphatic carbocycles. The Labute approximate surface area is 67.0 Å². The summed E-state index contributed by atoms with van der Waals surface area (Å²) in [4.78, 5) is 0. The second-order valence-electron chi connectivity index (χ2n) is 3.25. The van der Waals surface area contributed by atoms with Crippen LogP contribution in [-0.4, -0.2) is 36.1 Å². The molecular formula is C8H16O3. The Hall–Kier alpha value is -0.120. The van der Waals surface area contributed by atoms with Crippen molar-refractivity contribution in [3.05, 3.63) is 0 Å². The molecule has 1 aliphatic rings. The molecule has 1 heterocycles. The maximum Gasteiger partial charge on any atom is 0.0615 e. The van der Waals surface area contributed by atoms with E-state index in [1.807, 2.05) is 6.92 Å². The van der Waals surface area contributed by atoms with Crippen LogP contribution in [0.3, 0.4) is 0 Å². The van der Waals surface area contributed by atoms with Crippen molar-refractivity contribution in [2.75, 3.05) is 19.8 Å². The first-order valence-electron chi connectivity index (χ1n) is 4.12. The first kappa shape index (κ1) is 8.97. The Kier molecular flexibility index (Phi) is 3.30. The predicted molar refractivity (Wildman–Crippen MR) is 41.2 cm³/mol. The van der Waals surface area contributed by atoms with E-state index < -0.39 is 0 Å². The van der Waals surface area contributed by atoms with Crippen molar-refractivity contribution in [3.63, 3.8) is 0 Å². The molecule has 3 atom stereocenters. The molecule has 3 heteroatoms. The molecule has 3 unspecified atom stereocenters. The minimum atomic E-state index is -0.286. The second kappa shape index (κ2) is 4.04. The highest BCUT2D eigenvalue weighted by Gasteiger charge is 2.27. The molecule has 0 radical (unpaired) electrons. The van der Waals surface area contributed by atoms with Crippen LogP contribution in [0.2, 0.25) is 0 Å². The Morgan fingerprint density at radius 3 is 2.91 bits per heavy atom. The van der Waals surface area contributed by atoms with Crippen LogP contribution < -0.4 is 0 Å². The molecule has 1 rings (SSSR count). The molecule has 0 aromatic carbocycles. The van der Waals surface area contributed by atoms with Gasteiger partial charge in [-0.05, 0) is 12.3 Å². The van der Waals surface area contributed by atoms with E-state index in [2.05, 4.69) is 0 Å². The fraction of sp³-hybridized carbons (Fsp3) is 1.00. The van der Waals surface area contributed by atoms with Gasteiger partial charge in [0.05, 0.1) is 12.7 Å². The Bertz CT molecular complexity index is 112. The van der Waals surface area contributed by atoms with Crippen LogP contribution in [0.1, 0.15) is 13.3 Å². The molecule has 1 fully saturated rings. The number of rotatable bonds is 2. The summed E-state index contributed by atoms with van der Waals surface area (Å²) >= 11 is 0. The van der Waals surface area contributed by atoms with Crippen molar-refractivity contribution in [2.45, 2.75) is 19.4 Å². The lowest BCUT2D eigenvalue weighted by molar-refractivity contribution is -0.0624. The van der Waals surface area contributed by atoms with E-state index in [0.29, 0.717) is 19.6 Å². The first-order chi connectivity index (χ1) is 5.25. The zero-order valence-electron chi connectivity index (χ0n) is 6.86. The molecule has 0 aromatic heterocycles. The summed E-state index contributed by atoms with van der Waals surface area (Å²) < 4.78 is 5.20. The van der Waals surface area contributed by atoms with Gasteiger partial charge in [0.15, 0.2) is 0 Å². The quantitative estimate of drug-likeness (QED) is 0.598. The van der Waals surface area contributed by atoms with Gasteiger partial charge in [-0.1, -0.05) is 6.92 Å². The summed E-state index contributed by atoms with van der Waals surface area (Å²) in [6.45, 7) is 3.30. The Morgan fingerprint density at radius 2 is 2.36 bits per heavy atom. The summed E-state index contributed by atoms with van der Waals surface area (Å²) in [5, 5.41) is 18.3. The standard InChI is InChI=1S/C8H16O3/c1-6(4-9)7-5-11-3-2-8(7)10/h6-10H,2-5H2,1H3. The molecule has 1 aliphatic heterocycles. The lowest BCUT2D eigenvalue weighted by Gasteiger charge is -2.31. The van der Waals surface area contributed by atoms with E-state index in [-0.39, 0.29) is 24.5 Å². The topological polar surface area (TPSA) is 49.7 Å². The Balaban J connectivity index is 2.40. The highest BCUT2D eigenvalue weighted by atomic mass is 16.5. The normalized spacial score (nSPS) is 35.2. The second-order valence-corrected chi connectivity index (χ2v) is 3.25. The van der Waals surface area contributed by atoms with Crippen molar-refractivity contribution in [2.24, 2.45) is 11.8 Å². The molecule has 1 saturated heterocycles. The van der Waals surface area contributed by atoms with Gasteiger partial charge in [-0.15, -0.1) is 0 Å². The zero-order chi connectivity index (χ0) is 8.27. The van der Waals surface area contributed by atoms with Crippen LogP contribution in [0, 0.1) is 11.8 Å². The van der Waals surface area contributed by atoms with Gasteiger partial charge in [0.25, 0.3) is 0 Å². The lowest BCUT2D eigenvalue weighted by atomic mass is 9.87. The number of aliphatic hydroxyl groups is 2. The average Bonchev–Trinajstić information content (AvgIpc) is 2.04.